The van der Waals surface area contributed by atoms with Gasteiger partial charge in [0.05, 0.1) is 13.1 Å². The normalized spacial score (nSPS) is 41.2. The minimum Gasteiger partial charge on any atom is -0.625 e. The lowest BCUT2D eigenvalue weighted by Crippen LogP contribution is -2.50. The summed E-state index contributed by atoms with van der Waals surface area (Å²) in [5.41, 5.74) is 5.55. The van der Waals surface area contributed by atoms with Gasteiger partial charge >= 0.3 is 6.41 Å². The van der Waals surface area contributed by atoms with E-state index < -0.39 is 4.65 Å². The third-order valence-corrected chi connectivity index (χ3v) is 1.95. The van der Waals surface area contributed by atoms with E-state index in [9.17, 15) is 10.0 Å². The van der Waals surface area contributed by atoms with Gasteiger partial charge in [-0.25, -0.2) is 4.79 Å². The fraction of sp³-hybridized carbons (Fsp3) is 0.833. The SMILES string of the molecule is NC1CC[N+]([O-])(C=O)CC1. The summed E-state index contributed by atoms with van der Waals surface area (Å²) in [5, 5.41) is 11.2. The molecule has 1 fully saturated rings. The topological polar surface area (TPSA) is 66.2 Å². The van der Waals surface area contributed by atoms with E-state index in [4.69, 9.17) is 5.73 Å². The van der Waals surface area contributed by atoms with Gasteiger partial charge in [-0.2, -0.15) is 0 Å². The van der Waals surface area contributed by atoms with E-state index in [1.165, 1.54) is 0 Å². The van der Waals surface area contributed by atoms with E-state index in [1.54, 1.807) is 0 Å². The lowest BCUT2D eigenvalue weighted by molar-refractivity contribution is -0.800. The highest BCUT2D eigenvalue weighted by atomic mass is 16.6. The predicted octanol–water partition coefficient (Wildman–Crippen LogP) is -0.421. The third kappa shape index (κ3) is 1.53. The first-order valence-electron chi connectivity index (χ1n) is 3.46. The summed E-state index contributed by atoms with van der Waals surface area (Å²) in [6.07, 6.45) is 1.80. The Bertz CT molecular complexity index is 130. The average molecular weight is 144 g/mol. The first-order chi connectivity index (χ1) is 4.66. The van der Waals surface area contributed by atoms with E-state index in [2.05, 4.69) is 0 Å². The maximum Gasteiger partial charge on any atom is 0.301 e. The zero-order valence-electron chi connectivity index (χ0n) is 5.82. The second-order valence-corrected chi connectivity index (χ2v) is 2.84. The average Bonchev–Trinajstić information content (AvgIpc) is 1.96. The molecule has 1 saturated heterocycles. The van der Waals surface area contributed by atoms with Crippen LogP contribution in [0.5, 0.6) is 0 Å². The van der Waals surface area contributed by atoms with Gasteiger partial charge < -0.3 is 15.6 Å². The molecule has 4 heteroatoms. The number of quaternary nitrogens is 1. The molecule has 1 rings (SSSR count). The molecule has 0 aromatic rings. The maximum absolute atomic E-state index is 11.2. The van der Waals surface area contributed by atoms with E-state index in [0.717, 1.165) is 0 Å². The Morgan fingerprint density at radius 2 is 2.00 bits per heavy atom. The molecule has 0 unspecified atom stereocenters. The van der Waals surface area contributed by atoms with Crippen LogP contribution in [0.3, 0.4) is 0 Å². The second kappa shape index (κ2) is 2.65. The molecule has 0 aliphatic carbocycles. The number of hydrogen-bond donors (Lipinski definition) is 1. The molecule has 0 radical (unpaired) electrons. The minimum atomic E-state index is -0.701. The van der Waals surface area contributed by atoms with Crippen LogP contribution in [0.25, 0.3) is 0 Å². The van der Waals surface area contributed by atoms with Crippen molar-refractivity contribution in [2.75, 3.05) is 13.1 Å². The number of hydrogen-bond acceptors (Lipinski definition) is 3. The van der Waals surface area contributed by atoms with Crippen molar-refractivity contribution in [2.45, 2.75) is 18.9 Å². The molecule has 1 amide bonds. The molecular formula is C6H12N2O2. The Labute approximate surface area is 59.8 Å². The van der Waals surface area contributed by atoms with E-state index in [1.807, 2.05) is 0 Å². The number of rotatable bonds is 1. The summed E-state index contributed by atoms with van der Waals surface area (Å²) in [4.78, 5) is 10.2. The Morgan fingerprint density at radius 1 is 1.50 bits per heavy atom. The van der Waals surface area contributed by atoms with Crippen LogP contribution in [0.2, 0.25) is 0 Å². The summed E-state index contributed by atoms with van der Waals surface area (Å²) in [7, 11) is 0. The Morgan fingerprint density at radius 3 is 2.40 bits per heavy atom. The summed E-state index contributed by atoms with van der Waals surface area (Å²) < 4.78 is -0.701. The predicted molar refractivity (Wildman–Crippen MR) is 36.6 cm³/mol. The van der Waals surface area contributed by atoms with Gasteiger partial charge in [0.1, 0.15) is 0 Å². The van der Waals surface area contributed by atoms with Crippen LogP contribution >= 0.6 is 0 Å². The van der Waals surface area contributed by atoms with Gasteiger partial charge in [0.25, 0.3) is 0 Å². The molecule has 0 atom stereocenters. The fourth-order valence-corrected chi connectivity index (χ4v) is 1.13. The lowest BCUT2D eigenvalue weighted by Gasteiger charge is -2.40. The molecule has 4 nitrogen and oxygen atoms in total. The van der Waals surface area contributed by atoms with Crippen molar-refractivity contribution in [3.05, 3.63) is 5.21 Å². The molecule has 0 bridgehead atoms. The first-order valence-corrected chi connectivity index (χ1v) is 3.46. The highest BCUT2D eigenvalue weighted by Crippen LogP contribution is 2.13. The number of carbonyl (C=O) groups excluding carboxylic acids is 1. The molecule has 0 spiro atoms. The largest absolute Gasteiger partial charge is 0.625 e. The number of amides is 1. The summed E-state index contributed by atoms with van der Waals surface area (Å²) in [6.45, 7) is 0.704. The highest BCUT2D eigenvalue weighted by Gasteiger charge is 2.23. The highest BCUT2D eigenvalue weighted by molar-refractivity contribution is 5.37. The van der Waals surface area contributed by atoms with E-state index >= 15 is 0 Å². The van der Waals surface area contributed by atoms with E-state index in [0.29, 0.717) is 32.3 Å². The van der Waals surface area contributed by atoms with Crippen LogP contribution in [0, 0.1) is 5.21 Å². The number of likely N-dealkylation sites (tertiary alicyclic amines) is 1. The fourth-order valence-electron chi connectivity index (χ4n) is 1.13. The molecule has 1 aliphatic rings. The Balaban J connectivity index is 2.46. The molecule has 1 heterocycles. The molecule has 58 valence electrons. The zero-order valence-corrected chi connectivity index (χ0v) is 5.82. The Kier molecular flexibility index (Phi) is 2.03. The van der Waals surface area contributed by atoms with Crippen molar-refractivity contribution in [1.29, 1.82) is 0 Å². The van der Waals surface area contributed by atoms with Gasteiger partial charge in [-0.1, -0.05) is 0 Å². The van der Waals surface area contributed by atoms with Crippen LogP contribution in [0.1, 0.15) is 12.8 Å². The number of hydroxylamine groups is 3. The van der Waals surface area contributed by atoms with Crippen LogP contribution in [-0.2, 0) is 4.79 Å². The molecule has 0 saturated carbocycles. The van der Waals surface area contributed by atoms with Crippen molar-refractivity contribution < 1.29 is 9.44 Å². The van der Waals surface area contributed by atoms with Gasteiger partial charge in [0, 0.05) is 18.9 Å². The molecule has 1 aliphatic heterocycles. The molecule has 0 aromatic carbocycles. The van der Waals surface area contributed by atoms with Crippen molar-refractivity contribution in [3.8, 4) is 0 Å². The lowest BCUT2D eigenvalue weighted by atomic mass is 10.1. The standard InChI is InChI=1S/C6H12N2O2/c7-6-1-3-8(10,5-9)4-2-6/h5-6H,1-4,7H2. The zero-order chi connectivity index (χ0) is 7.61. The van der Waals surface area contributed by atoms with Gasteiger partial charge in [-0.3, -0.25) is 0 Å². The first kappa shape index (κ1) is 7.65. The molecule has 2 N–H and O–H groups in total. The van der Waals surface area contributed by atoms with Gasteiger partial charge in [0.15, 0.2) is 0 Å². The van der Waals surface area contributed by atoms with E-state index in [-0.39, 0.29) is 6.04 Å². The minimum absolute atomic E-state index is 0.125. The smallest absolute Gasteiger partial charge is 0.301 e. The quantitative estimate of drug-likeness (QED) is 0.309. The monoisotopic (exact) mass is 144 g/mol. The summed E-state index contributed by atoms with van der Waals surface area (Å²) >= 11 is 0. The van der Waals surface area contributed by atoms with Crippen molar-refractivity contribution in [3.63, 3.8) is 0 Å². The summed E-state index contributed by atoms with van der Waals surface area (Å²) in [6, 6.07) is 0.125. The van der Waals surface area contributed by atoms with Crippen molar-refractivity contribution >= 4 is 6.41 Å². The van der Waals surface area contributed by atoms with Crippen LogP contribution in [0.15, 0.2) is 0 Å². The number of nitrogens with zero attached hydrogens (tertiary/aromatic N) is 1. The van der Waals surface area contributed by atoms with Gasteiger partial charge in [-0.15, -0.1) is 0 Å². The number of carbonyl (C=O) groups is 1. The van der Waals surface area contributed by atoms with Gasteiger partial charge in [-0.05, 0) is 0 Å². The van der Waals surface area contributed by atoms with Crippen LogP contribution in [-0.4, -0.2) is 30.2 Å². The Hall–Kier alpha value is -0.450. The molecular weight excluding hydrogens is 132 g/mol. The van der Waals surface area contributed by atoms with Crippen molar-refractivity contribution in [1.82, 2.24) is 0 Å². The van der Waals surface area contributed by atoms with Crippen LogP contribution in [0.4, 0.5) is 0 Å². The molecule has 10 heavy (non-hydrogen) atoms. The second-order valence-electron chi connectivity index (χ2n) is 2.84. The number of piperidine rings is 1. The summed E-state index contributed by atoms with van der Waals surface area (Å²) in [5.74, 6) is 0. The number of nitrogens with two attached hydrogens (primary N) is 1. The van der Waals surface area contributed by atoms with Crippen LogP contribution < -0.4 is 5.73 Å². The maximum atomic E-state index is 11.2. The van der Waals surface area contributed by atoms with Crippen molar-refractivity contribution in [2.24, 2.45) is 5.73 Å². The molecule has 0 aromatic heterocycles. The van der Waals surface area contributed by atoms with Gasteiger partial charge in [0.2, 0.25) is 0 Å². The third-order valence-electron chi connectivity index (χ3n) is 1.95.